The second-order valence-corrected chi connectivity index (χ2v) is 3.45. The molecule has 1 amide bonds. The number of hydrogen-bond donors (Lipinski definition) is 2. The van der Waals surface area contributed by atoms with E-state index in [0.29, 0.717) is 5.76 Å². The van der Waals surface area contributed by atoms with E-state index < -0.39 is 11.7 Å². The van der Waals surface area contributed by atoms with Crippen molar-refractivity contribution in [2.24, 2.45) is 0 Å². The Bertz CT molecular complexity index is 545. The number of nitrogens with two attached hydrogens (primary N) is 1. The lowest BCUT2D eigenvalue weighted by Gasteiger charge is -2.07. The highest BCUT2D eigenvalue weighted by atomic mass is 19.1. The average molecular weight is 235 g/mol. The van der Waals surface area contributed by atoms with E-state index in [4.69, 9.17) is 10.3 Å². The number of nitrogens with zero attached hydrogens (tertiary/aromatic N) is 1. The van der Waals surface area contributed by atoms with Crippen LogP contribution in [0, 0.1) is 12.7 Å². The Morgan fingerprint density at radius 2 is 2.29 bits per heavy atom. The molecule has 5 nitrogen and oxygen atoms in total. The monoisotopic (exact) mass is 235 g/mol. The Kier molecular flexibility index (Phi) is 2.78. The molecule has 0 aliphatic heterocycles. The number of halogens is 1. The number of nitrogens with one attached hydrogen (secondary N) is 1. The summed E-state index contributed by atoms with van der Waals surface area (Å²) in [5, 5.41) is 5.85. The standard InChI is InChI=1S/C11H10FN3O2/c1-6-7(5-14-17-6)11(16)15-10-8(12)3-2-4-9(10)13/h2-5H,13H2,1H3,(H,15,16). The van der Waals surface area contributed by atoms with Crippen LogP contribution < -0.4 is 11.1 Å². The van der Waals surface area contributed by atoms with Crippen LogP contribution in [0.2, 0.25) is 0 Å². The van der Waals surface area contributed by atoms with E-state index in [0.717, 1.165) is 0 Å². The molecule has 0 fully saturated rings. The first kappa shape index (κ1) is 11.1. The minimum absolute atomic E-state index is 0.0434. The molecule has 0 atom stereocenters. The molecule has 0 unspecified atom stereocenters. The third-order valence-corrected chi connectivity index (χ3v) is 2.28. The Hall–Kier alpha value is -2.37. The lowest BCUT2D eigenvalue weighted by atomic mass is 10.2. The highest BCUT2D eigenvalue weighted by Gasteiger charge is 2.16. The molecule has 88 valence electrons. The molecule has 0 spiro atoms. The number of hydrogen-bond acceptors (Lipinski definition) is 4. The zero-order chi connectivity index (χ0) is 12.4. The van der Waals surface area contributed by atoms with Crippen LogP contribution >= 0.6 is 0 Å². The summed E-state index contributed by atoms with van der Waals surface area (Å²) in [5.41, 5.74) is 5.93. The van der Waals surface area contributed by atoms with Crippen LogP contribution in [0.15, 0.2) is 28.9 Å². The molecule has 2 aromatic rings. The first-order valence-corrected chi connectivity index (χ1v) is 4.86. The van der Waals surface area contributed by atoms with Crippen molar-refractivity contribution in [1.82, 2.24) is 5.16 Å². The van der Waals surface area contributed by atoms with Gasteiger partial charge in [-0.05, 0) is 19.1 Å². The summed E-state index contributed by atoms with van der Waals surface area (Å²) in [6.07, 6.45) is 1.27. The summed E-state index contributed by atoms with van der Waals surface area (Å²) in [4.78, 5) is 11.8. The number of benzene rings is 1. The summed E-state index contributed by atoms with van der Waals surface area (Å²) >= 11 is 0. The smallest absolute Gasteiger partial charge is 0.261 e. The van der Waals surface area contributed by atoms with Crippen LogP contribution in [0.4, 0.5) is 15.8 Å². The number of anilines is 2. The van der Waals surface area contributed by atoms with Crippen LogP contribution in [0.1, 0.15) is 16.1 Å². The van der Waals surface area contributed by atoms with E-state index >= 15 is 0 Å². The van der Waals surface area contributed by atoms with Gasteiger partial charge < -0.3 is 15.6 Å². The summed E-state index contributed by atoms with van der Waals surface area (Å²) < 4.78 is 18.2. The molecule has 17 heavy (non-hydrogen) atoms. The van der Waals surface area contributed by atoms with Crippen molar-refractivity contribution in [3.63, 3.8) is 0 Å². The van der Waals surface area contributed by atoms with Gasteiger partial charge in [-0.1, -0.05) is 11.2 Å². The number of rotatable bonds is 2. The number of carbonyl (C=O) groups is 1. The Balaban J connectivity index is 2.28. The van der Waals surface area contributed by atoms with Gasteiger partial charge in [-0.2, -0.15) is 0 Å². The van der Waals surface area contributed by atoms with Gasteiger partial charge in [-0.15, -0.1) is 0 Å². The van der Waals surface area contributed by atoms with Crippen LogP contribution in [0.25, 0.3) is 0 Å². The van der Waals surface area contributed by atoms with Crippen LogP contribution in [0.5, 0.6) is 0 Å². The van der Waals surface area contributed by atoms with Gasteiger partial charge >= 0.3 is 0 Å². The molecule has 1 aromatic carbocycles. The molecular weight excluding hydrogens is 225 g/mol. The number of carbonyl (C=O) groups excluding carboxylic acids is 1. The number of aryl methyl sites for hydroxylation is 1. The number of amides is 1. The molecule has 0 bridgehead atoms. The minimum atomic E-state index is -0.590. The molecule has 0 saturated heterocycles. The van der Waals surface area contributed by atoms with E-state index in [9.17, 15) is 9.18 Å². The summed E-state index contributed by atoms with van der Waals surface area (Å²) in [7, 11) is 0. The SMILES string of the molecule is Cc1oncc1C(=O)Nc1c(N)cccc1F. The molecule has 3 N–H and O–H groups in total. The normalized spacial score (nSPS) is 10.2. The Morgan fingerprint density at radius 3 is 2.88 bits per heavy atom. The third kappa shape index (κ3) is 2.10. The number of aromatic nitrogens is 1. The second-order valence-electron chi connectivity index (χ2n) is 3.45. The first-order valence-electron chi connectivity index (χ1n) is 4.86. The fraction of sp³-hybridized carbons (Fsp3) is 0.0909. The highest BCUT2D eigenvalue weighted by molar-refractivity contribution is 6.06. The maximum atomic E-state index is 13.4. The lowest BCUT2D eigenvalue weighted by molar-refractivity contribution is 0.102. The first-order chi connectivity index (χ1) is 8.09. The molecule has 1 aromatic heterocycles. The quantitative estimate of drug-likeness (QED) is 0.779. The fourth-order valence-corrected chi connectivity index (χ4v) is 1.37. The average Bonchev–Trinajstić information content (AvgIpc) is 2.70. The largest absolute Gasteiger partial charge is 0.397 e. The summed E-state index contributed by atoms with van der Waals surface area (Å²) in [6, 6.07) is 4.18. The van der Waals surface area contributed by atoms with Crippen molar-refractivity contribution >= 4 is 17.3 Å². The van der Waals surface area contributed by atoms with Gasteiger partial charge in [0, 0.05) is 0 Å². The molecule has 1 heterocycles. The van der Waals surface area contributed by atoms with Gasteiger partial charge in [0.15, 0.2) is 0 Å². The van der Waals surface area contributed by atoms with Crippen LogP contribution in [-0.4, -0.2) is 11.1 Å². The zero-order valence-corrected chi connectivity index (χ0v) is 9.03. The topological polar surface area (TPSA) is 81.2 Å². The van der Waals surface area contributed by atoms with E-state index in [-0.39, 0.29) is 16.9 Å². The van der Waals surface area contributed by atoms with Crippen molar-refractivity contribution < 1.29 is 13.7 Å². The predicted octanol–water partition coefficient (Wildman–Crippen LogP) is 1.96. The summed E-state index contributed by atoms with van der Waals surface area (Å²) in [5.74, 6) is -0.745. The van der Waals surface area contributed by atoms with E-state index in [2.05, 4.69) is 10.5 Å². The number of para-hydroxylation sites is 1. The van der Waals surface area contributed by atoms with Gasteiger partial charge in [0.1, 0.15) is 22.8 Å². The Labute approximate surface area is 96.4 Å². The van der Waals surface area contributed by atoms with E-state index in [1.165, 1.54) is 24.4 Å². The van der Waals surface area contributed by atoms with Crippen LogP contribution in [-0.2, 0) is 0 Å². The van der Waals surface area contributed by atoms with Crippen molar-refractivity contribution in [2.75, 3.05) is 11.1 Å². The van der Waals surface area contributed by atoms with Gasteiger partial charge in [-0.3, -0.25) is 4.79 Å². The van der Waals surface area contributed by atoms with E-state index in [1.807, 2.05) is 0 Å². The maximum absolute atomic E-state index is 13.4. The zero-order valence-electron chi connectivity index (χ0n) is 9.03. The van der Waals surface area contributed by atoms with Gasteiger partial charge in [-0.25, -0.2) is 4.39 Å². The minimum Gasteiger partial charge on any atom is -0.397 e. The van der Waals surface area contributed by atoms with Crippen molar-refractivity contribution in [3.05, 3.63) is 41.5 Å². The van der Waals surface area contributed by atoms with Crippen molar-refractivity contribution in [2.45, 2.75) is 6.92 Å². The molecule has 0 aliphatic rings. The molecule has 0 saturated carbocycles. The molecule has 2 rings (SSSR count). The Morgan fingerprint density at radius 1 is 1.53 bits per heavy atom. The fourth-order valence-electron chi connectivity index (χ4n) is 1.37. The van der Waals surface area contributed by atoms with Crippen LogP contribution in [0.3, 0.4) is 0 Å². The summed E-state index contributed by atoms with van der Waals surface area (Å²) in [6.45, 7) is 1.59. The van der Waals surface area contributed by atoms with E-state index in [1.54, 1.807) is 6.92 Å². The van der Waals surface area contributed by atoms with Gasteiger partial charge in [0.05, 0.1) is 11.9 Å². The lowest BCUT2D eigenvalue weighted by Crippen LogP contribution is -2.14. The van der Waals surface area contributed by atoms with Crippen molar-refractivity contribution in [1.29, 1.82) is 0 Å². The van der Waals surface area contributed by atoms with Crippen molar-refractivity contribution in [3.8, 4) is 0 Å². The molecule has 0 radical (unpaired) electrons. The van der Waals surface area contributed by atoms with Gasteiger partial charge in [0.2, 0.25) is 0 Å². The third-order valence-electron chi connectivity index (χ3n) is 2.28. The second kappa shape index (κ2) is 4.25. The molecule has 6 heteroatoms. The van der Waals surface area contributed by atoms with Gasteiger partial charge in [0.25, 0.3) is 5.91 Å². The number of nitrogen functional groups attached to an aromatic ring is 1. The maximum Gasteiger partial charge on any atom is 0.261 e. The highest BCUT2D eigenvalue weighted by Crippen LogP contribution is 2.22. The predicted molar refractivity (Wildman–Crippen MR) is 60.0 cm³/mol. The molecule has 0 aliphatic carbocycles. The molecular formula is C11H10FN3O2.